The van der Waals surface area contributed by atoms with Crippen molar-refractivity contribution in [3.8, 4) is 17.1 Å². The van der Waals surface area contributed by atoms with E-state index in [2.05, 4.69) is 14.9 Å². The summed E-state index contributed by atoms with van der Waals surface area (Å²) in [4.78, 5) is 16.5. The van der Waals surface area contributed by atoms with Crippen LogP contribution in [0.5, 0.6) is 5.75 Å². The highest BCUT2D eigenvalue weighted by Gasteiger charge is 2.19. The van der Waals surface area contributed by atoms with Crippen LogP contribution in [-0.4, -0.2) is 54.5 Å². The van der Waals surface area contributed by atoms with Gasteiger partial charge in [0.15, 0.2) is 6.61 Å². The molecule has 0 radical (unpaired) electrons. The molecule has 2 aromatic rings. The van der Waals surface area contributed by atoms with Crippen molar-refractivity contribution in [1.29, 1.82) is 0 Å². The fourth-order valence-electron chi connectivity index (χ4n) is 3.73. The second kappa shape index (κ2) is 9.21. The Kier molecular flexibility index (Phi) is 6.24. The molecule has 2 aliphatic heterocycles. The summed E-state index contributed by atoms with van der Waals surface area (Å²) < 4.78 is 18.8. The van der Waals surface area contributed by atoms with E-state index in [0.717, 1.165) is 56.9 Å². The minimum absolute atomic E-state index is 0.00275. The number of hydrogen-bond donors (Lipinski definition) is 1. The Morgan fingerprint density at radius 2 is 2.00 bits per heavy atom. The van der Waals surface area contributed by atoms with Crippen LogP contribution in [0.2, 0.25) is 0 Å². The zero-order valence-corrected chi connectivity index (χ0v) is 16.0. The molecule has 1 N–H and O–H groups in total. The van der Waals surface area contributed by atoms with Gasteiger partial charge in [0.05, 0.1) is 6.10 Å². The average Bonchev–Trinajstić information content (AvgIpc) is 3.44. The summed E-state index contributed by atoms with van der Waals surface area (Å²) >= 11 is 0. The maximum absolute atomic E-state index is 11.9. The molecule has 7 heteroatoms. The summed E-state index contributed by atoms with van der Waals surface area (Å²) in [6.07, 6.45) is 8.10. The van der Waals surface area contributed by atoms with E-state index >= 15 is 0 Å². The molecule has 7 nitrogen and oxygen atoms in total. The summed E-state index contributed by atoms with van der Waals surface area (Å²) in [5.74, 6) is 1.49. The van der Waals surface area contributed by atoms with Gasteiger partial charge in [0.25, 0.3) is 5.91 Å². The predicted molar refractivity (Wildman–Crippen MR) is 104 cm³/mol. The number of amides is 1. The topological polar surface area (TPSA) is 74.6 Å². The second-order valence-corrected chi connectivity index (χ2v) is 7.25. The Morgan fingerprint density at radius 3 is 2.75 bits per heavy atom. The molecule has 1 atom stereocenters. The van der Waals surface area contributed by atoms with Gasteiger partial charge in [-0.1, -0.05) is 0 Å². The van der Waals surface area contributed by atoms with Crippen LogP contribution in [0, 0.1) is 0 Å². The number of rotatable bonds is 7. The molecule has 2 saturated heterocycles. The van der Waals surface area contributed by atoms with Gasteiger partial charge in [0.2, 0.25) is 0 Å². The summed E-state index contributed by atoms with van der Waals surface area (Å²) in [6, 6.07) is 8.15. The highest BCUT2D eigenvalue weighted by molar-refractivity contribution is 5.77. The molecule has 0 bridgehead atoms. The van der Waals surface area contributed by atoms with Gasteiger partial charge in [0, 0.05) is 50.4 Å². The standard InChI is InChI=1S/C21H27N3O4/c25-20(23-14-19-2-1-11-27-19)15-28-18-5-3-16(4-6-18)21-22-9-10-24(21)17-7-12-26-13-8-17/h3-6,9-10,17,19H,1-2,7-8,11-15H2,(H,23,25). The average molecular weight is 385 g/mol. The monoisotopic (exact) mass is 385 g/mol. The highest BCUT2D eigenvalue weighted by atomic mass is 16.5. The normalized spacial score (nSPS) is 20.2. The number of hydrogen-bond acceptors (Lipinski definition) is 5. The molecule has 0 aliphatic carbocycles. The van der Waals surface area contributed by atoms with Gasteiger partial charge in [-0.3, -0.25) is 4.79 Å². The van der Waals surface area contributed by atoms with Crippen LogP contribution in [0.15, 0.2) is 36.7 Å². The zero-order valence-electron chi connectivity index (χ0n) is 16.0. The van der Waals surface area contributed by atoms with Crippen molar-refractivity contribution in [3.63, 3.8) is 0 Å². The first-order chi connectivity index (χ1) is 13.8. The van der Waals surface area contributed by atoms with Gasteiger partial charge < -0.3 is 24.1 Å². The van der Waals surface area contributed by atoms with E-state index in [1.54, 1.807) is 0 Å². The fourth-order valence-corrected chi connectivity index (χ4v) is 3.73. The molecule has 0 saturated carbocycles. The van der Waals surface area contributed by atoms with Crippen LogP contribution in [0.1, 0.15) is 31.7 Å². The van der Waals surface area contributed by atoms with Crippen molar-refractivity contribution in [3.05, 3.63) is 36.7 Å². The molecule has 28 heavy (non-hydrogen) atoms. The van der Waals surface area contributed by atoms with Crippen molar-refractivity contribution in [2.75, 3.05) is 33.0 Å². The van der Waals surface area contributed by atoms with E-state index in [-0.39, 0.29) is 18.6 Å². The number of nitrogens with zero attached hydrogens (tertiary/aromatic N) is 2. The van der Waals surface area contributed by atoms with Crippen molar-refractivity contribution in [2.45, 2.75) is 37.8 Å². The molecule has 0 spiro atoms. The minimum atomic E-state index is -0.130. The van der Waals surface area contributed by atoms with Gasteiger partial charge >= 0.3 is 0 Å². The lowest BCUT2D eigenvalue weighted by molar-refractivity contribution is -0.123. The number of carbonyl (C=O) groups is 1. The molecule has 1 aromatic carbocycles. The number of ether oxygens (including phenoxy) is 3. The third-order valence-corrected chi connectivity index (χ3v) is 5.29. The zero-order chi connectivity index (χ0) is 19.2. The number of carbonyl (C=O) groups excluding carboxylic acids is 1. The van der Waals surface area contributed by atoms with E-state index < -0.39 is 0 Å². The molecular weight excluding hydrogens is 358 g/mol. The van der Waals surface area contributed by atoms with E-state index in [4.69, 9.17) is 14.2 Å². The summed E-state index contributed by atoms with van der Waals surface area (Å²) in [5, 5.41) is 2.86. The first-order valence-corrected chi connectivity index (χ1v) is 10.0. The largest absolute Gasteiger partial charge is 0.484 e. The maximum atomic E-state index is 11.9. The van der Waals surface area contributed by atoms with Gasteiger partial charge in [-0.05, 0) is 49.9 Å². The molecule has 3 heterocycles. The predicted octanol–water partition coefficient (Wildman–Crippen LogP) is 2.58. The number of imidazole rings is 1. The van der Waals surface area contributed by atoms with E-state index in [0.29, 0.717) is 18.3 Å². The van der Waals surface area contributed by atoms with Crippen LogP contribution < -0.4 is 10.1 Å². The fraction of sp³-hybridized carbons (Fsp3) is 0.524. The molecule has 150 valence electrons. The summed E-state index contributed by atoms with van der Waals surface area (Å²) in [6.45, 7) is 2.93. The van der Waals surface area contributed by atoms with Crippen LogP contribution in [0.4, 0.5) is 0 Å². The van der Waals surface area contributed by atoms with Crippen LogP contribution in [-0.2, 0) is 14.3 Å². The Morgan fingerprint density at radius 1 is 1.18 bits per heavy atom. The molecule has 2 fully saturated rings. The Hall–Kier alpha value is -2.38. The Labute approximate surface area is 165 Å². The summed E-state index contributed by atoms with van der Waals surface area (Å²) in [7, 11) is 0. The van der Waals surface area contributed by atoms with Crippen LogP contribution in [0.25, 0.3) is 11.4 Å². The van der Waals surface area contributed by atoms with Gasteiger partial charge in [0.1, 0.15) is 11.6 Å². The van der Waals surface area contributed by atoms with Crippen molar-refractivity contribution in [2.24, 2.45) is 0 Å². The van der Waals surface area contributed by atoms with Gasteiger partial charge in [-0.2, -0.15) is 0 Å². The van der Waals surface area contributed by atoms with Crippen molar-refractivity contribution < 1.29 is 19.0 Å². The third kappa shape index (κ3) is 4.72. The third-order valence-electron chi connectivity index (χ3n) is 5.29. The Bertz CT molecular complexity index is 762. The number of nitrogens with one attached hydrogen (secondary N) is 1. The van der Waals surface area contributed by atoms with Crippen molar-refractivity contribution >= 4 is 5.91 Å². The van der Waals surface area contributed by atoms with E-state index in [1.165, 1.54) is 0 Å². The Balaban J connectivity index is 1.30. The van der Waals surface area contributed by atoms with Gasteiger partial charge in [-0.25, -0.2) is 4.98 Å². The molecule has 4 rings (SSSR count). The SMILES string of the molecule is O=C(COc1ccc(-c2nccn2C2CCOCC2)cc1)NCC1CCCO1. The maximum Gasteiger partial charge on any atom is 0.258 e. The lowest BCUT2D eigenvalue weighted by Gasteiger charge is -2.25. The molecule has 1 amide bonds. The number of benzene rings is 1. The van der Waals surface area contributed by atoms with E-state index in [1.807, 2.05) is 36.7 Å². The quantitative estimate of drug-likeness (QED) is 0.793. The molecule has 1 aromatic heterocycles. The first-order valence-electron chi connectivity index (χ1n) is 10.0. The summed E-state index contributed by atoms with van der Waals surface area (Å²) in [5.41, 5.74) is 1.03. The smallest absolute Gasteiger partial charge is 0.258 e. The van der Waals surface area contributed by atoms with Crippen molar-refractivity contribution in [1.82, 2.24) is 14.9 Å². The van der Waals surface area contributed by atoms with E-state index in [9.17, 15) is 4.79 Å². The molecule has 1 unspecified atom stereocenters. The van der Waals surface area contributed by atoms with Crippen LogP contribution >= 0.6 is 0 Å². The lowest BCUT2D eigenvalue weighted by Crippen LogP contribution is -2.35. The second-order valence-electron chi connectivity index (χ2n) is 7.25. The highest BCUT2D eigenvalue weighted by Crippen LogP contribution is 2.28. The van der Waals surface area contributed by atoms with Crippen LogP contribution in [0.3, 0.4) is 0 Å². The minimum Gasteiger partial charge on any atom is -0.484 e. The molecule has 2 aliphatic rings. The molecular formula is C21H27N3O4. The number of aromatic nitrogens is 2. The lowest BCUT2D eigenvalue weighted by atomic mass is 10.1. The van der Waals surface area contributed by atoms with Gasteiger partial charge in [-0.15, -0.1) is 0 Å². The first kappa shape index (κ1) is 19.0.